The number of amides is 1. The van der Waals surface area contributed by atoms with Gasteiger partial charge in [-0.15, -0.1) is 11.3 Å². The van der Waals surface area contributed by atoms with Crippen LogP contribution in [0.5, 0.6) is 0 Å². The lowest BCUT2D eigenvalue weighted by molar-refractivity contribution is -0.142. The first kappa shape index (κ1) is 16.0. The SMILES string of the molecule is CC(=O)N/C(=C\c1cccs1)C(=O)OCc1nc(C)c(C)o1. The van der Waals surface area contributed by atoms with Gasteiger partial charge in [0.05, 0.1) is 5.69 Å². The molecule has 0 atom stereocenters. The molecule has 0 aliphatic heterocycles. The Bertz CT molecular complexity index is 682. The van der Waals surface area contributed by atoms with Gasteiger partial charge in [0.2, 0.25) is 11.8 Å². The summed E-state index contributed by atoms with van der Waals surface area (Å²) in [6.45, 7) is 4.84. The number of oxazole rings is 1. The molecule has 7 heteroatoms. The Morgan fingerprint density at radius 3 is 2.77 bits per heavy atom. The van der Waals surface area contributed by atoms with Gasteiger partial charge in [-0.05, 0) is 31.4 Å². The van der Waals surface area contributed by atoms with Crippen LogP contribution in [0, 0.1) is 13.8 Å². The van der Waals surface area contributed by atoms with Gasteiger partial charge in [0.25, 0.3) is 0 Å². The lowest BCUT2D eigenvalue weighted by Gasteiger charge is -2.07. The van der Waals surface area contributed by atoms with Gasteiger partial charge in [0.15, 0.2) is 6.61 Å². The molecule has 2 aromatic rings. The van der Waals surface area contributed by atoms with Crippen molar-refractivity contribution in [2.45, 2.75) is 27.4 Å². The normalized spacial score (nSPS) is 11.3. The number of ether oxygens (including phenoxy) is 1. The fraction of sp³-hybridized carbons (Fsp3) is 0.267. The summed E-state index contributed by atoms with van der Waals surface area (Å²) in [6.07, 6.45) is 1.57. The van der Waals surface area contributed by atoms with E-state index in [0.29, 0.717) is 11.7 Å². The van der Waals surface area contributed by atoms with E-state index in [1.807, 2.05) is 24.4 Å². The second-order valence-corrected chi connectivity index (χ2v) is 5.56. The van der Waals surface area contributed by atoms with Gasteiger partial charge in [-0.2, -0.15) is 0 Å². The summed E-state index contributed by atoms with van der Waals surface area (Å²) in [5, 5.41) is 4.35. The highest BCUT2D eigenvalue weighted by Gasteiger charge is 2.15. The van der Waals surface area contributed by atoms with E-state index in [-0.39, 0.29) is 18.2 Å². The molecule has 2 heterocycles. The number of aryl methyl sites for hydroxylation is 2. The molecular formula is C15H16N2O4S. The van der Waals surface area contributed by atoms with E-state index in [0.717, 1.165) is 10.6 Å². The number of hydrogen-bond acceptors (Lipinski definition) is 6. The van der Waals surface area contributed by atoms with Crippen LogP contribution in [0.15, 0.2) is 27.6 Å². The van der Waals surface area contributed by atoms with Crippen LogP contribution in [0.25, 0.3) is 6.08 Å². The Morgan fingerprint density at radius 2 is 2.23 bits per heavy atom. The van der Waals surface area contributed by atoms with E-state index in [2.05, 4.69) is 10.3 Å². The number of esters is 1. The van der Waals surface area contributed by atoms with Crippen molar-refractivity contribution >= 4 is 29.3 Å². The smallest absolute Gasteiger partial charge is 0.355 e. The number of nitrogens with one attached hydrogen (secondary N) is 1. The first-order valence-corrected chi connectivity index (χ1v) is 7.46. The number of thiophene rings is 1. The number of rotatable bonds is 5. The van der Waals surface area contributed by atoms with Crippen LogP contribution in [0.2, 0.25) is 0 Å². The quantitative estimate of drug-likeness (QED) is 0.676. The molecule has 0 saturated heterocycles. The number of carbonyl (C=O) groups is 2. The van der Waals surface area contributed by atoms with Crippen LogP contribution in [-0.4, -0.2) is 16.9 Å². The highest BCUT2D eigenvalue weighted by molar-refractivity contribution is 7.10. The summed E-state index contributed by atoms with van der Waals surface area (Å²) < 4.78 is 10.5. The average molecular weight is 320 g/mol. The molecule has 116 valence electrons. The molecule has 0 bridgehead atoms. The van der Waals surface area contributed by atoms with Gasteiger partial charge in [-0.1, -0.05) is 6.07 Å². The maximum atomic E-state index is 12.1. The van der Waals surface area contributed by atoms with Gasteiger partial charge in [0, 0.05) is 11.8 Å². The number of hydrogen-bond donors (Lipinski definition) is 1. The van der Waals surface area contributed by atoms with Crippen molar-refractivity contribution in [3.05, 3.63) is 45.4 Å². The molecule has 1 N–H and O–H groups in total. The molecule has 0 fully saturated rings. The Balaban J connectivity index is 2.07. The van der Waals surface area contributed by atoms with Crippen LogP contribution in [0.4, 0.5) is 0 Å². The van der Waals surface area contributed by atoms with Gasteiger partial charge in [-0.25, -0.2) is 9.78 Å². The number of aromatic nitrogens is 1. The predicted molar refractivity (Wildman–Crippen MR) is 81.9 cm³/mol. The first-order chi connectivity index (χ1) is 10.5. The van der Waals surface area contributed by atoms with E-state index in [1.54, 1.807) is 13.0 Å². The average Bonchev–Trinajstić information content (AvgIpc) is 3.06. The number of carbonyl (C=O) groups excluding carboxylic acids is 2. The molecule has 1 amide bonds. The first-order valence-electron chi connectivity index (χ1n) is 6.58. The zero-order valence-electron chi connectivity index (χ0n) is 12.5. The topological polar surface area (TPSA) is 81.4 Å². The van der Waals surface area contributed by atoms with Crippen LogP contribution >= 0.6 is 11.3 Å². The standard InChI is InChI=1S/C15H16N2O4S/c1-9-10(2)21-14(16-9)8-20-15(19)13(17-11(3)18)7-12-5-4-6-22-12/h4-7H,8H2,1-3H3,(H,17,18)/b13-7-. The van der Waals surface area contributed by atoms with Crippen molar-refractivity contribution in [1.82, 2.24) is 10.3 Å². The lowest BCUT2D eigenvalue weighted by atomic mass is 10.3. The third-order valence-corrected chi connectivity index (χ3v) is 3.58. The van der Waals surface area contributed by atoms with Gasteiger partial charge in [0.1, 0.15) is 11.5 Å². The highest BCUT2D eigenvalue weighted by Crippen LogP contribution is 2.14. The molecule has 0 saturated carbocycles. The van der Waals surface area contributed by atoms with Crippen molar-refractivity contribution in [3.63, 3.8) is 0 Å². The van der Waals surface area contributed by atoms with E-state index < -0.39 is 5.97 Å². The molecule has 0 aliphatic rings. The molecule has 0 aliphatic carbocycles. The van der Waals surface area contributed by atoms with Gasteiger partial charge >= 0.3 is 5.97 Å². The zero-order valence-corrected chi connectivity index (χ0v) is 13.3. The second kappa shape index (κ2) is 7.04. The van der Waals surface area contributed by atoms with Crippen molar-refractivity contribution in [2.75, 3.05) is 0 Å². The monoisotopic (exact) mass is 320 g/mol. The van der Waals surface area contributed by atoms with Crippen LogP contribution in [-0.2, 0) is 20.9 Å². The lowest BCUT2D eigenvalue weighted by Crippen LogP contribution is -2.26. The number of nitrogens with zero attached hydrogens (tertiary/aromatic N) is 1. The molecule has 0 unspecified atom stereocenters. The molecule has 0 aromatic carbocycles. The molecule has 0 spiro atoms. The minimum atomic E-state index is -0.642. The highest BCUT2D eigenvalue weighted by atomic mass is 32.1. The third kappa shape index (κ3) is 4.29. The molecule has 2 aromatic heterocycles. The van der Waals surface area contributed by atoms with Crippen LogP contribution in [0.1, 0.15) is 29.1 Å². The summed E-state index contributed by atoms with van der Waals surface area (Å²) in [5.74, 6) is 0.0172. The van der Waals surface area contributed by atoms with Crippen LogP contribution < -0.4 is 5.32 Å². The Kier molecular flexibility index (Phi) is 5.11. The Labute approximate surface area is 131 Å². The second-order valence-electron chi connectivity index (χ2n) is 4.58. The summed E-state index contributed by atoms with van der Waals surface area (Å²) in [7, 11) is 0. The largest absolute Gasteiger partial charge is 0.451 e. The maximum absolute atomic E-state index is 12.1. The van der Waals surface area contributed by atoms with E-state index in [9.17, 15) is 9.59 Å². The van der Waals surface area contributed by atoms with Crippen molar-refractivity contribution in [1.29, 1.82) is 0 Å². The van der Waals surface area contributed by atoms with Crippen molar-refractivity contribution < 1.29 is 18.7 Å². The molecular weight excluding hydrogens is 304 g/mol. The Morgan fingerprint density at radius 1 is 1.45 bits per heavy atom. The summed E-state index contributed by atoms with van der Waals surface area (Å²) in [6, 6.07) is 3.69. The van der Waals surface area contributed by atoms with E-state index in [4.69, 9.17) is 9.15 Å². The van der Waals surface area contributed by atoms with Crippen molar-refractivity contribution in [3.8, 4) is 0 Å². The minimum absolute atomic E-state index is 0.0787. The summed E-state index contributed by atoms with van der Waals surface area (Å²) >= 11 is 1.45. The fourth-order valence-corrected chi connectivity index (χ4v) is 2.31. The maximum Gasteiger partial charge on any atom is 0.355 e. The fourth-order valence-electron chi connectivity index (χ4n) is 1.66. The van der Waals surface area contributed by atoms with Crippen molar-refractivity contribution in [2.24, 2.45) is 0 Å². The third-order valence-electron chi connectivity index (χ3n) is 2.76. The predicted octanol–water partition coefficient (Wildman–Crippen LogP) is 2.57. The van der Waals surface area contributed by atoms with Crippen LogP contribution in [0.3, 0.4) is 0 Å². The van der Waals surface area contributed by atoms with E-state index in [1.165, 1.54) is 18.3 Å². The summed E-state index contributed by atoms with van der Waals surface area (Å²) in [4.78, 5) is 28.3. The van der Waals surface area contributed by atoms with Gasteiger partial charge in [-0.3, -0.25) is 4.79 Å². The minimum Gasteiger partial charge on any atom is -0.451 e. The van der Waals surface area contributed by atoms with E-state index >= 15 is 0 Å². The Hall–Kier alpha value is -2.41. The van der Waals surface area contributed by atoms with Gasteiger partial charge < -0.3 is 14.5 Å². The molecule has 2 rings (SSSR count). The zero-order chi connectivity index (χ0) is 16.1. The molecule has 0 radical (unpaired) electrons. The molecule has 22 heavy (non-hydrogen) atoms. The summed E-state index contributed by atoms with van der Waals surface area (Å²) in [5.41, 5.74) is 0.831. The molecule has 6 nitrogen and oxygen atoms in total.